The minimum absolute atomic E-state index is 0.109. The molecule has 3 fully saturated rings. The Hall–Kier alpha value is -5.82. The number of alkyl halides is 12. The second kappa shape index (κ2) is 13.1. The fraction of sp³-hybridized carbons (Fsp3) is 0.333. The molecule has 3 heterocycles. The molecule has 8 nitrogen and oxygen atoms in total. The van der Waals surface area contributed by atoms with Crippen molar-refractivity contribution in [1.29, 1.82) is 0 Å². The number of phenolic OH excluding ortho intramolecular Hbond substituents is 1. The zero-order valence-corrected chi connectivity index (χ0v) is 29.4. The highest BCUT2D eigenvalue weighted by Gasteiger charge is 2.63. The van der Waals surface area contributed by atoms with Gasteiger partial charge < -0.3 is 9.84 Å². The lowest BCUT2D eigenvalue weighted by Gasteiger charge is -2.45. The first-order valence-electron chi connectivity index (χ1n) is 17.6. The standard InChI is InChI=1S/C39H24F12N2O6/c40-36(41,42)17-7-18(37(43,44)45)10-21(9-17)52-32(55)25-3-2-24-26(30(25)34(52)57)13-27-31(29(24)16-5-15-6-23(54)1-4-28(15)59-14-16)35(58)53(33(27)56)22-11-19(38(46,47)48)8-20(12-22)39(49,50)51/h1-2,4,6-12,14,25-27,29-31,54H,3,5,13H2/t25-,26+,27+,29-,30-,31+/m0/s1. The van der Waals surface area contributed by atoms with Crippen molar-refractivity contribution in [2.75, 3.05) is 9.80 Å². The Morgan fingerprint density at radius 2 is 1.05 bits per heavy atom. The Balaban J connectivity index is 1.24. The molecule has 0 unspecified atom stereocenters. The summed E-state index contributed by atoms with van der Waals surface area (Å²) in [7, 11) is 0. The second-order valence-corrected chi connectivity index (χ2v) is 14.9. The lowest BCUT2D eigenvalue weighted by Crippen LogP contribution is -2.45. The minimum atomic E-state index is -5.36. The largest absolute Gasteiger partial charge is 0.508 e. The quantitative estimate of drug-likeness (QED) is 0.161. The van der Waals surface area contributed by atoms with E-state index in [4.69, 9.17) is 4.74 Å². The maximum absolute atomic E-state index is 14.4. The number of carbonyl (C=O) groups is 4. The fourth-order valence-corrected chi connectivity index (χ4v) is 9.06. The third kappa shape index (κ3) is 6.59. The van der Waals surface area contributed by atoms with Gasteiger partial charge >= 0.3 is 24.7 Å². The number of carbonyl (C=O) groups excluding carboxylic acids is 4. The lowest BCUT2D eigenvalue weighted by atomic mass is 9.56. The first-order valence-corrected chi connectivity index (χ1v) is 17.6. The van der Waals surface area contributed by atoms with Crippen LogP contribution < -0.4 is 14.5 Å². The number of hydrogen-bond acceptors (Lipinski definition) is 6. The van der Waals surface area contributed by atoms with Gasteiger partial charge in [0.2, 0.25) is 23.6 Å². The van der Waals surface area contributed by atoms with Crippen molar-refractivity contribution in [3.8, 4) is 11.5 Å². The molecule has 3 aromatic rings. The molecule has 6 atom stereocenters. The Morgan fingerprint density at radius 1 is 0.576 bits per heavy atom. The van der Waals surface area contributed by atoms with E-state index in [2.05, 4.69) is 0 Å². The summed E-state index contributed by atoms with van der Waals surface area (Å²) in [5.74, 6) is -13.4. The zero-order chi connectivity index (χ0) is 42.9. The highest BCUT2D eigenvalue weighted by molar-refractivity contribution is 6.24. The number of anilines is 2. The van der Waals surface area contributed by atoms with Gasteiger partial charge in [0, 0.05) is 17.9 Å². The molecule has 1 saturated carbocycles. The van der Waals surface area contributed by atoms with E-state index in [-0.39, 0.29) is 81.7 Å². The van der Waals surface area contributed by atoms with E-state index >= 15 is 0 Å². The van der Waals surface area contributed by atoms with E-state index in [0.29, 0.717) is 5.56 Å². The molecule has 310 valence electrons. The maximum atomic E-state index is 14.4. The summed E-state index contributed by atoms with van der Waals surface area (Å²) in [6, 6.07) is 4.42. The third-order valence-electron chi connectivity index (χ3n) is 11.5. The minimum Gasteiger partial charge on any atom is -0.508 e. The van der Waals surface area contributed by atoms with Crippen molar-refractivity contribution in [3.63, 3.8) is 0 Å². The molecule has 2 saturated heterocycles. The van der Waals surface area contributed by atoms with Gasteiger partial charge in [-0.3, -0.25) is 19.2 Å². The van der Waals surface area contributed by atoms with Crippen LogP contribution in [0.5, 0.6) is 11.5 Å². The number of rotatable bonds is 3. The molecule has 20 heteroatoms. The number of fused-ring (bicyclic) bond motifs is 5. The van der Waals surface area contributed by atoms with E-state index in [1.165, 1.54) is 30.5 Å². The van der Waals surface area contributed by atoms with Crippen LogP contribution in [0.3, 0.4) is 0 Å². The molecule has 59 heavy (non-hydrogen) atoms. The van der Waals surface area contributed by atoms with Crippen molar-refractivity contribution >= 4 is 35.0 Å². The van der Waals surface area contributed by atoms with Crippen LogP contribution in [0.15, 0.2) is 78.1 Å². The highest BCUT2D eigenvalue weighted by Crippen LogP contribution is 2.58. The maximum Gasteiger partial charge on any atom is 0.416 e. The number of benzene rings is 3. The normalized spacial score (nSPS) is 25.9. The van der Waals surface area contributed by atoms with Gasteiger partial charge in [-0.15, -0.1) is 0 Å². The van der Waals surface area contributed by atoms with Crippen molar-refractivity contribution in [2.24, 2.45) is 35.5 Å². The molecule has 8 rings (SSSR count). The number of ether oxygens (including phenoxy) is 1. The van der Waals surface area contributed by atoms with E-state index in [9.17, 15) is 77.0 Å². The van der Waals surface area contributed by atoms with Crippen LogP contribution in [0.1, 0.15) is 40.7 Å². The van der Waals surface area contributed by atoms with Crippen LogP contribution in [-0.2, 0) is 50.3 Å². The van der Waals surface area contributed by atoms with Crippen molar-refractivity contribution in [1.82, 2.24) is 0 Å². The first-order chi connectivity index (χ1) is 27.3. The molecule has 2 aliphatic carbocycles. The van der Waals surface area contributed by atoms with Gasteiger partial charge in [-0.05, 0) is 78.9 Å². The Labute approximate surface area is 323 Å². The molecule has 3 aromatic carbocycles. The summed E-state index contributed by atoms with van der Waals surface area (Å²) in [5.41, 5.74) is -8.62. The van der Waals surface area contributed by atoms with E-state index in [1.807, 2.05) is 0 Å². The summed E-state index contributed by atoms with van der Waals surface area (Å²) in [6.07, 6.45) is -19.8. The number of hydrogen-bond donors (Lipinski definition) is 1. The molecule has 3 aliphatic heterocycles. The average Bonchev–Trinajstić information content (AvgIpc) is 3.55. The summed E-state index contributed by atoms with van der Waals surface area (Å²) < 4.78 is 172. The molecule has 5 aliphatic rings. The molecular weight excluding hydrogens is 820 g/mol. The van der Waals surface area contributed by atoms with Crippen LogP contribution in [0.4, 0.5) is 64.1 Å². The Kier molecular flexibility index (Phi) is 8.87. The van der Waals surface area contributed by atoms with Gasteiger partial charge in [0.15, 0.2) is 0 Å². The van der Waals surface area contributed by atoms with Gasteiger partial charge in [-0.25, -0.2) is 9.80 Å². The smallest absolute Gasteiger partial charge is 0.416 e. The number of imide groups is 2. The number of amides is 4. The predicted molar refractivity (Wildman–Crippen MR) is 177 cm³/mol. The lowest BCUT2D eigenvalue weighted by molar-refractivity contribution is -0.144. The Bertz CT molecular complexity index is 2350. The van der Waals surface area contributed by atoms with Crippen LogP contribution in [-0.4, -0.2) is 28.7 Å². The molecule has 0 bridgehead atoms. The number of phenols is 1. The summed E-state index contributed by atoms with van der Waals surface area (Å²) in [4.78, 5) is 57.2. The van der Waals surface area contributed by atoms with Crippen LogP contribution in [0, 0.1) is 35.5 Å². The Morgan fingerprint density at radius 3 is 1.54 bits per heavy atom. The summed E-state index contributed by atoms with van der Waals surface area (Å²) in [5, 5.41) is 10.2. The molecule has 1 N–H and O–H groups in total. The topological polar surface area (TPSA) is 104 Å². The van der Waals surface area contributed by atoms with E-state index < -0.39 is 124 Å². The van der Waals surface area contributed by atoms with Gasteiger partial charge in [0.05, 0.1) is 63.6 Å². The van der Waals surface area contributed by atoms with Gasteiger partial charge in [-0.1, -0.05) is 11.6 Å². The zero-order valence-electron chi connectivity index (χ0n) is 29.4. The van der Waals surface area contributed by atoms with Gasteiger partial charge in [0.25, 0.3) is 0 Å². The average molecular weight is 845 g/mol. The molecule has 0 spiro atoms. The second-order valence-electron chi connectivity index (χ2n) is 14.9. The van der Waals surface area contributed by atoms with Crippen LogP contribution >= 0.6 is 0 Å². The molecule has 4 amide bonds. The molecule has 0 radical (unpaired) electrons. The van der Waals surface area contributed by atoms with Gasteiger partial charge in [0.1, 0.15) is 11.5 Å². The van der Waals surface area contributed by atoms with Crippen molar-refractivity contribution < 1.29 is 81.7 Å². The van der Waals surface area contributed by atoms with Crippen LogP contribution in [0.25, 0.3) is 0 Å². The van der Waals surface area contributed by atoms with Crippen LogP contribution in [0.2, 0.25) is 0 Å². The predicted octanol–water partition coefficient (Wildman–Crippen LogP) is 8.86. The fourth-order valence-electron chi connectivity index (χ4n) is 9.06. The number of allylic oxidation sites excluding steroid dienone is 3. The SMILES string of the molecule is O=C1[C@H]2[C@H](CC=C3[C@H](C4=COc5ccc(O)cc5C4)[C@@H]4C(=O)N(c5cc(C(F)(F)F)cc(C(F)(F)F)c5)C(=O)[C@@H]4C[C@H]32)C(=O)N1c1cc(C(F)(F)F)cc(C(F)(F)F)c1. The number of aromatic hydroxyl groups is 1. The monoisotopic (exact) mass is 844 g/mol. The first kappa shape index (κ1) is 40.0. The highest BCUT2D eigenvalue weighted by atomic mass is 19.4. The number of nitrogens with zero attached hydrogens (tertiary/aromatic N) is 2. The van der Waals surface area contributed by atoms with Crippen molar-refractivity contribution in [3.05, 3.63) is 106 Å². The van der Waals surface area contributed by atoms with E-state index in [1.54, 1.807) is 0 Å². The van der Waals surface area contributed by atoms with E-state index in [0.717, 1.165) is 0 Å². The molecule has 0 aromatic heterocycles. The van der Waals surface area contributed by atoms with Crippen molar-refractivity contribution in [2.45, 2.75) is 44.0 Å². The van der Waals surface area contributed by atoms with Gasteiger partial charge in [-0.2, -0.15) is 52.7 Å². The molecular formula is C39H24F12N2O6. The summed E-state index contributed by atoms with van der Waals surface area (Å²) >= 11 is 0. The third-order valence-corrected chi connectivity index (χ3v) is 11.5. The number of halogens is 12. The summed E-state index contributed by atoms with van der Waals surface area (Å²) in [6.45, 7) is 0.